The third kappa shape index (κ3) is 3.59. The first-order valence-electron chi connectivity index (χ1n) is 7.04. The molecular weight excluding hydrogens is 329 g/mol. The lowest BCUT2D eigenvalue weighted by molar-refractivity contribution is -0.386. The van der Waals surface area contributed by atoms with Gasteiger partial charge >= 0.3 is 5.69 Å². The van der Waals surface area contributed by atoms with Crippen molar-refractivity contribution in [1.82, 2.24) is 4.72 Å². The highest BCUT2D eigenvalue weighted by Crippen LogP contribution is 2.33. The molecule has 0 amide bonds. The first-order chi connectivity index (χ1) is 10.8. The molecule has 0 spiro atoms. The fourth-order valence-electron chi connectivity index (χ4n) is 2.79. The van der Waals surface area contributed by atoms with Crippen LogP contribution < -0.4 is 15.2 Å². The Labute approximate surface area is 133 Å². The Morgan fingerprint density at radius 1 is 1.48 bits per heavy atom. The molecule has 1 aromatic carbocycles. The third-order valence-electron chi connectivity index (χ3n) is 3.98. The van der Waals surface area contributed by atoms with Gasteiger partial charge in [0.1, 0.15) is 0 Å². The quantitative estimate of drug-likeness (QED) is 0.587. The van der Waals surface area contributed by atoms with Crippen LogP contribution in [0.4, 0.5) is 10.1 Å². The van der Waals surface area contributed by atoms with Crippen LogP contribution in [0.5, 0.6) is 5.75 Å². The van der Waals surface area contributed by atoms with Gasteiger partial charge < -0.3 is 10.5 Å². The summed E-state index contributed by atoms with van der Waals surface area (Å²) in [6.07, 6.45) is 2.27. The van der Waals surface area contributed by atoms with Crippen molar-refractivity contribution < 1.29 is 22.5 Å². The molecular formula is C13H18FN3O5S. The third-order valence-corrected chi connectivity index (χ3v) is 5.45. The predicted molar refractivity (Wildman–Crippen MR) is 80.1 cm³/mol. The van der Waals surface area contributed by atoms with E-state index >= 15 is 0 Å². The second-order valence-corrected chi connectivity index (χ2v) is 7.08. The van der Waals surface area contributed by atoms with Gasteiger partial charge in [-0.25, -0.2) is 17.5 Å². The van der Waals surface area contributed by atoms with Crippen LogP contribution in [0.1, 0.15) is 19.3 Å². The van der Waals surface area contributed by atoms with E-state index < -0.39 is 37.1 Å². The number of sulfonamides is 1. The molecule has 1 aliphatic carbocycles. The number of hydrogen-bond donors (Lipinski definition) is 2. The minimum Gasteiger partial charge on any atom is -0.488 e. The van der Waals surface area contributed by atoms with Crippen molar-refractivity contribution in [3.05, 3.63) is 28.1 Å². The molecule has 0 radical (unpaired) electrons. The lowest BCUT2D eigenvalue weighted by atomic mass is 10.1. The Morgan fingerprint density at radius 2 is 2.17 bits per heavy atom. The Balaban J connectivity index is 2.38. The molecule has 0 aliphatic heterocycles. The van der Waals surface area contributed by atoms with Gasteiger partial charge in [0, 0.05) is 12.1 Å². The number of nitrogens with zero attached hydrogens (tertiary/aromatic N) is 1. The number of hydrogen-bond acceptors (Lipinski definition) is 6. The van der Waals surface area contributed by atoms with Crippen molar-refractivity contribution in [3.8, 4) is 5.75 Å². The second-order valence-electron chi connectivity index (χ2n) is 5.37. The van der Waals surface area contributed by atoms with Gasteiger partial charge in [-0.3, -0.25) is 10.1 Å². The van der Waals surface area contributed by atoms with Gasteiger partial charge in [0.2, 0.25) is 15.8 Å². The Kier molecular flexibility index (Phi) is 5.17. The molecule has 2 unspecified atom stereocenters. The average molecular weight is 347 g/mol. The maximum atomic E-state index is 13.9. The molecule has 10 heteroatoms. The molecule has 2 atom stereocenters. The van der Waals surface area contributed by atoms with E-state index in [0.717, 1.165) is 26.0 Å². The smallest absolute Gasteiger partial charge is 0.315 e. The molecule has 1 aliphatic rings. The number of benzene rings is 1. The molecule has 0 heterocycles. The van der Waals surface area contributed by atoms with Gasteiger partial charge in [-0.15, -0.1) is 0 Å². The van der Waals surface area contributed by atoms with E-state index in [1.54, 1.807) is 0 Å². The van der Waals surface area contributed by atoms with Gasteiger partial charge in [0.15, 0.2) is 5.82 Å². The first kappa shape index (κ1) is 17.6. The van der Waals surface area contributed by atoms with E-state index in [0.29, 0.717) is 19.0 Å². The minimum absolute atomic E-state index is 0.00264. The number of rotatable bonds is 6. The number of nitro groups is 1. The molecule has 1 fully saturated rings. The summed E-state index contributed by atoms with van der Waals surface area (Å²) in [5, 5.41) is 11.0. The lowest BCUT2D eigenvalue weighted by Gasteiger charge is -2.19. The van der Waals surface area contributed by atoms with Gasteiger partial charge in [-0.2, -0.15) is 0 Å². The monoisotopic (exact) mass is 347 g/mol. The summed E-state index contributed by atoms with van der Waals surface area (Å²) in [6, 6.07) is 1.14. The van der Waals surface area contributed by atoms with Crippen molar-refractivity contribution in [2.75, 3.05) is 13.7 Å². The van der Waals surface area contributed by atoms with Crippen molar-refractivity contribution in [2.24, 2.45) is 11.7 Å². The summed E-state index contributed by atoms with van der Waals surface area (Å²) in [5.74, 6) is -1.71. The standard InChI is InChI=1S/C13H18FN3O5S/c1-22-13-10(14)5-9(6-12(13)17(18)19)23(20,21)16-11-4-2-3-8(11)7-15/h5-6,8,11,16H,2-4,7,15H2,1H3. The van der Waals surface area contributed by atoms with E-state index in [9.17, 15) is 22.9 Å². The molecule has 8 nitrogen and oxygen atoms in total. The van der Waals surface area contributed by atoms with Crippen LogP contribution in [0, 0.1) is 21.8 Å². The summed E-state index contributed by atoms with van der Waals surface area (Å²) < 4.78 is 45.8. The SMILES string of the molecule is COc1c(F)cc(S(=O)(=O)NC2CCCC2CN)cc1[N+](=O)[O-]. The molecule has 1 aromatic rings. The highest BCUT2D eigenvalue weighted by atomic mass is 32.2. The number of methoxy groups -OCH3 is 1. The summed E-state index contributed by atoms with van der Waals surface area (Å²) in [6.45, 7) is 0.338. The van der Waals surface area contributed by atoms with Crippen LogP contribution in [0.3, 0.4) is 0 Å². The molecule has 0 saturated heterocycles. The fourth-order valence-corrected chi connectivity index (χ4v) is 4.16. The zero-order valence-electron chi connectivity index (χ0n) is 12.5. The van der Waals surface area contributed by atoms with Crippen molar-refractivity contribution >= 4 is 15.7 Å². The van der Waals surface area contributed by atoms with Crippen LogP contribution in [0.15, 0.2) is 17.0 Å². The highest BCUT2D eigenvalue weighted by molar-refractivity contribution is 7.89. The first-order valence-corrected chi connectivity index (χ1v) is 8.52. The number of ether oxygens (including phenoxy) is 1. The Hall–Kier alpha value is -1.78. The van der Waals surface area contributed by atoms with Crippen LogP contribution >= 0.6 is 0 Å². The van der Waals surface area contributed by atoms with Gasteiger partial charge in [0.25, 0.3) is 0 Å². The number of nitro benzene ring substituents is 1. The van der Waals surface area contributed by atoms with Crippen LogP contribution in [0.25, 0.3) is 0 Å². The predicted octanol–water partition coefficient (Wildman–Crippen LogP) is 1.15. The largest absolute Gasteiger partial charge is 0.488 e. The van der Waals surface area contributed by atoms with Crippen LogP contribution in [-0.2, 0) is 10.0 Å². The zero-order valence-corrected chi connectivity index (χ0v) is 13.3. The molecule has 1 saturated carbocycles. The van der Waals surface area contributed by atoms with Gasteiger partial charge in [-0.05, 0) is 31.4 Å². The second kappa shape index (κ2) is 6.77. The van der Waals surface area contributed by atoms with E-state index in [4.69, 9.17) is 5.73 Å². The van der Waals surface area contributed by atoms with Crippen LogP contribution in [-0.4, -0.2) is 33.0 Å². The Bertz CT molecular complexity index is 710. The summed E-state index contributed by atoms with van der Waals surface area (Å²) in [7, 11) is -3.02. The van der Waals surface area contributed by atoms with E-state index in [2.05, 4.69) is 9.46 Å². The van der Waals surface area contributed by atoms with Crippen LogP contribution in [0.2, 0.25) is 0 Å². The molecule has 23 heavy (non-hydrogen) atoms. The van der Waals surface area contributed by atoms with Crippen molar-refractivity contribution in [3.63, 3.8) is 0 Å². The zero-order chi connectivity index (χ0) is 17.2. The average Bonchev–Trinajstić information content (AvgIpc) is 2.92. The highest BCUT2D eigenvalue weighted by Gasteiger charge is 2.32. The topological polar surface area (TPSA) is 125 Å². The summed E-state index contributed by atoms with van der Waals surface area (Å²) in [5.41, 5.74) is 4.87. The molecule has 0 aromatic heterocycles. The molecule has 3 N–H and O–H groups in total. The fraction of sp³-hybridized carbons (Fsp3) is 0.538. The van der Waals surface area contributed by atoms with Crippen molar-refractivity contribution in [1.29, 1.82) is 0 Å². The van der Waals surface area contributed by atoms with Crippen molar-refractivity contribution in [2.45, 2.75) is 30.2 Å². The molecule has 128 valence electrons. The number of halogens is 1. The summed E-state index contributed by atoms with van der Waals surface area (Å²) in [4.78, 5) is 9.58. The number of nitrogens with two attached hydrogens (primary N) is 1. The maximum absolute atomic E-state index is 13.9. The van der Waals surface area contributed by atoms with E-state index in [1.807, 2.05) is 0 Å². The maximum Gasteiger partial charge on any atom is 0.315 e. The molecule has 0 bridgehead atoms. The van der Waals surface area contributed by atoms with E-state index in [-0.39, 0.29) is 12.0 Å². The lowest BCUT2D eigenvalue weighted by Crippen LogP contribution is -2.39. The Morgan fingerprint density at radius 3 is 2.74 bits per heavy atom. The minimum atomic E-state index is -4.10. The number of nitrogens with one attached hydrogen (secondary N) is 1. The summed E-state index contributed by atoms with van der Waals surface area (Å²) >= 11 is 0. The molecule has 2 rings (SSSR count). The van der Waals surface area contributed by atoms with Gasteiger partial charge in [0.05, 0.1) is 16.9 Å². The van der Waals surface area contributed by atoms with Gasteiger partial charge in [-0.1, -0.05) is 6.42 Å². The normalized spacial score (nSPS) is 21.3. The van der Waals surface area contributed by atoms with E-state index in [1.165, 1.54) is 0 Å².